The van der Waals surface area contributed by atoms with Crippen molar-refractivity contribution in [2.45, 2.75) is 46.3 Å². The molecule has 0 fully saturated rings. The summed E-state index contributed by atoms with van der Waals surface area (Å²) in [6, 6.07) is 7.55. The predicted molar refractivity (Wildman–Crippen MR) is 81.6 cm³/mol. The van der Waals surface area contributed by atoms with Crippen molar-refractivity contribution in [2.75, 3.05) is 6.54 Å². The molecule has 2 unspecified atom stereocenters. The van der Waals surface area contributed by atoms with Crippen molar-refractivity contribution in [2.24, 2.45) is 11.7 Å². The Bertz CT molecular complexity index is 432. The first-order valence-electron chi connectivity index (χ1n) is 7.24. The van der Waals surface area contributed by atoms with Gasteiger partial charge in [-0.25, -0.2) is 0 Å². The molecule has 0 bridgehead atoms. The van der Waals surface area contributed by atoms with Crippen LogP contribution in [0.15, 0.2) is 24.3 Å². The molecule has 1 aromatic carbocycles. The molecule has 0 saturated heterocycles. The molecule has 0 aliphatic carbocycles. The fourth-order valence-corrected chi connectivity index (χ4v) is 1.81. The summed E-state index contributed by atoms with van der Waals surface area (Å²) < 4.78 is 5.77. The highest BCUT2D eigenvalue weighted by Gasteiger charge is 2.17. The lowest BCUT2D eigenvalue weighted by atomic mass is 10.0. The lowest BCUT2D eigenvalue weighted by Gasteiger charge is -2.20. The van der Waals surface area contributed by atoms with E-state index >= 15 is 0 Å². The van der Waals surface area contributed by atoms with Crippen LogP contribution < -0.4 is 15.8 Å². The number of amides is 1. The maximum absolute atomic E-state index is 11.9. The molecule has 4 heteroatoms. The Morgan fingerprint density at radius 2 is 1.95 bits per heavy atom. The van der Waals surface area contributed by atoms with Gasteiger partial charge < -0.3 is 15.8 Å². The van der Waals surface area contributed by atoms with Crippen LogP contribution >= 0.6 is 0 Å². The molecule has 0 radical (unpaired) electrons. The standard InChI is InChI=1S/C16H26N2O2/c1-5-14(17)13-8-6-7-9-15(13)20-12(4)16(19)18-10-11(2)3/h6-9,11-12,14H,5,10,17H2,1-4H3,(H,18,19). The maximum atomic E-state index is 11.9. The van der Waals surface area contributed by atoms with Crippen LogP contribution in [0.2, 0.25) is 0 Å². The lowest BCUT2D eigenvalue weighted by molar-refractivity contribution is -0.127. The average Bonchev–Trinajstić information content (AvgIpc) is 2.44. The second kappa shape index (κ2) is 7.90. The largest absolute Gasteiger partial charge is 0.481 e. The average molecular weight is 278 g/mol. The number of nitrogens with one attached hydrogen (secondary N) is 1. The third-order valence-electron chi connectivity index (χ3n) is 3.12. The van der Waals surface area contributed by atoms with E-state index in [4.69, 9.17) is 10.5 Å². The molecule has 112 valence electrons. The van der Waals surface area contributed by atoms with Crippen molar-refractivity contribution in [3.63, 3.8) is 0 Å². The molecule has 0 aromatic heterocycles. The van der Waals surface area contributed by atoms with Gasteiger partial charge in [-0.05, 0) is 25.3 Å². The zero-order chi connectivity index (χ0) is 15.1. The number of nitrogens with two attached hydrogens (primary N) is 1. The van der Waals surface area contributed by atoms with Gasteiger partial charge in [-0.15, -0.1) is 0 Å². The Hall–Kier alpha value is -1.55. The Morgan fingerprint density at radius 1 is 1.30 bits per heavy atom. The van der Waals surface area contributed by atoms with E-state index in [0.29, 0.717) is 18.2 Å². The molecule has 1 aromatic rings. The normalized spacial score (nSPS) is 13.9. The number of hydrogen-bond acceptors (Lipinski definition) is 3. The molecular weight excluding hydrogens is 252 g/mol. The van der Waals surface area contributed by atoms with Crippen molar-refractivity contribution >= 4 is 5.91 Å². The summed E-state index contributed by atoms with van der Waals surface area (Å²) in [5.74, 6) is 1.01. The zero-order valence-corrected chi connectivity index (χ0v) is 12.8. The fourth-order valence-electron chi connectivity index (χ4n) is 1.81. The van der Waals surface area contributed by atoms with E-state index in [9.17, 15) is 4.79 Å². The quantitative estimate of drug-likeness (QED) is 0.806. The number of carbonyl (C=O) groups excluding carboxylic acids is 1. The van der Waals surface area contributed by atoms with E-state index in [1.165, 1.54) is 0 Å². The first-order valence-corrected chi connectivity index (χ1v) is 7.24. The predicted octanol–water partition coefficient (Wildman–Crippen LogP) is 2.64. The van der Waals surface area contributed by atoms with E-state index in [2.05, 4.69) is 19.2 Å². The third-order valence-corrected chi connectivity index (χ3v) is 3.12. The summed E-state index contributed by atoms with van der Waals surface area (Å²) in [4.78, 5) is 11.9. The van der Waals surface area contributed by atoms with Crippen molar-refractivity contribution in [3.8, 4) is 5.75 Å². The summed E-state index contributed by atoms with van der Waals surface area (Å²) in [6.45, 7) is 8.55. The Labute approximate surface area is 121 Å². The summed E-state index contributed by atoms with van der Waals surface area (Å²) >= 11 is 0. The molecule has 0 heterocycles. The highest BCUT2D eigenvalue weighted by Crippen LogP contribution is 2.26. The van der Waals surface area contributed by atoms with E-state index in [0.717, 1.165) is 12.0 Å². The summed E-state index contributed by atoms with van der Waals surface area (Å²) in [7, 11) is 0. The SMILES string of the molecule is CCC(N)c1ccccc1OC(C)C(=O)NCC(C)C. The summed E-state index contributed by atoms with van der Waals surface area (Å²) in [6.07, 6.45) is 0.299. The Kier molecular flexibility index (Phi) is 6.52. The molecule has 0 aliphatic heterocycles. The smallest absolute Gasteiger partial charge is 0.260 e. The van der Waals surface area contributed by atoms with Gasteiger partial charge in [-0.1, -0.05) is 39.0 Å². The summed E-state index contributed by atoms with van der Waals surface area (Å²) in [5, 5.41) is 2.87. The zero-order valence-electron chi connectivity index (χ0n) is 12.8. The van der Waals surface area contributed by atoms with Gasteiger partial charge in [-0.2, -0.15) is 0 Å². The van der Waals surface area contributed by atoms with E-state index in [1.54, 1.807) is 6.92 Å². The van der Waals surface area contributed by atoms with E-state index < -0.39 is 6.10 Å². The van der Waals surface area contributed by atoms with Gasteiger partial charge in [-0.3, -0.25) is 4.79 Å². The van der Waals surface area contributed by atoms with Gasteiger partial charge in [0.05, 0.1) is 0 Å². The van der Waals surface area contributed by atoms with Crippen LogP contribution in [-0.4, -0.2) is 18.6 Å². The monoisotopic (exact) mass is 278 g/mol. The van der Waals surface area contributed by atoms with Crippen LogP contribution in [0.1, 0.15) is 45.7 Å². The van der Waals surface area contributed by atoms with Crippen LogP contribution in [0.4, 0.5) is 0 Å². The third kappa shape index (κ3) is 4.85. The van der Waals surface area contributed by atoms with Gasteiger partial charge in [0.1, 0.15) is 5.75 Å². The van der Waals surface area contributed by atoms with Crippen molar-refractivity contribution in [3.05, 3.63) is 29.8 Å². The van der Waals surface area contributed by atoms with Crippen molar-refractivity contribution in [1.29, 1.82) is 0 Å². The van der Waals surface area contributed by atoms with Gasteiger partial charge in [0.25, 0.3) is 5.91 Å². The topological polar surface area (TPSA) is 64.3 Å². The molecule has 3 N–H and O–H groups in total. The van der Waals surface area contributed by atoms with Crippen LogP contribution in [0, 0.1) is 5.92 Å². The fraction of sp³-hybridized carbons (Fsp3) is 0.562. The molecule has 0 spiro atoms. The molecule has 20 heavy (non-hydrogen) atoms. The Morgan fingerprint density at radius 3 is 2.55 bits per heavy atom. The van der Waals surface area contributed by atoms with Crippen LogP contribution in [0.3, 0.4) is 0 Å². The number of hydrogen-bond donors (Lipinski definition) is 2. The molecule has 1 rings (SSSR count). The minimum absolute atomic E-state index is 0.0721. The first-order chi connectivity index (χ1) is 9.45. The van der Waals surface area contributed by atoms with Gasteiger partial charge >= 0.3 is 0 Å². The number of rotatable bonds is 7. The van der Waals surface area contributed by atoms with Crippen molar-refractivity contribution < 1.29 is 9.53 Å². The molecule has 1 amide bonds. The lowest BCUT2D eigenvalue weighted by Crippen LogP contribution is -2.38. The number of carbonyl (C=O) groups is 1. The molecule has 2 atom stereocenters. The van der Waals surface area contributed by atoms with E-state index in [1.807, 2.05) is 31.2 Å². The number of para-hydroxylation sites is 1. The van der Waals surface area contributed by atoms with Gasteiger partial charge in [0.15, 0.2) is 6.10 Å². The van der Waals surface area contributed by atoms with Crippen molar-refractivity contribution in [1.82, 2.24) is 5.32 Å². The second-order valence-electron chi connectivity index (χ2n) is 5.45. The highest BCUT2D eigenvalue weighted by atomic mass is 16.5. The Balaban J connectivity index is 2.70. The molecule has 0 saturated carbocycles. The molecule has 4 nitrogen and oxygen atoms in total. The van der Waals surface area contributed by atoms with Gasteiger partial charge in [0, 0.05) is 18.2 Å². The highest BCUT2D eigenvalue weighted by molar-refractivity contribution is 5.80. The van der Waals surface area contributed by atoms with E-state index in [-0.39, 0.29) is 11.9 Å². The maximum Gasteiger partial charge on any atom is 0.260 e. The summed E-state index contributed by atoms with van der Waals surface area (Å²) in [5.41, 5.74) is 7.01. The number of benzene rings is 1. The van der Waals surface area contributed by atoms with Gasteiger partial charge in [0.2, 0.25) is 0 Å². The number of ether oxygens (including phenoxy) is 1. The van der Waals surface area contributed by atoms with Crippen LogP contribution in [-0.2, 0) is 4.79 Å². The second-order valence-corrected chi connectivity index (χ2v) is 5.45. The molecule has 0 aliphatic rings. The molecular formula is C16H26N2O2. The minimum Gasteiger partial charge on any atom is -0.481 e. The minimum atomic E-state index is -0.529. The van der Waals surface area contributed by atoms with Crippen LogP contribution in [0.25, 0.3) is 0 Å². The first kappa shape index (κ1) is 16.5. The van der Waals surface area contributed by atoms with Crippen LogP contribution in [0.5, 0.6) is 5.75 Å².